The lowest BCUT2D eigenvalue weighted by Crippen LogP contribution is -2.29. The molecule has 1 heterocycles. The molecule has 3 aromatic rings. The molecule has 3 rings (SSSR count). The van der Waals surface area contributed by atoms with E-state index in [1.807, 2.05) is 43.3 Å². The standard InChI is InChI=1S/C20H21NO3/c1-14-8-9-18-16(13-24-20(18)15(14)2)12-19(22)21-10-11-23-17-6-4-3-5-7-17/h3-9,13H,10-12H2,1-2H3,(H,21,22). The van der Waals surface area contributed by atoms with E-state index in [9.17, 15) is 4.79 Å². The number of carbonyl (C=O) groups excluding carboxylic acids is 1. The summed E-state index contributed by atoms with van der Waals surface area (Å²) in [5, 5.41) is 3.88. The molecule has 0 aliphatic carbocycles. The first-order valence-corrected chi connectivity index (χ1v) is 8.06. The van der Waals surface area contributed by atoms with Crippen LogP contribution in [0, 0.1) is 13.8 Å². The number of hydrogen-bond donors (Lipinski definition) is 1. The number of ether oxygens (including phenoxy) is 1. The number of rotatable bonds is 6. The summed E-state index contributed by atoms with van der Waals surface area (Å²) in [7, 11) is 0. The zero-order chi connectivity index (χ0) is 16.9. The highest BCUT2D eigenvalue weighted by Crippen LogP contribution is 2.26. The first-order valence-electron chi connectivity index (χ1n) is 8.06. The van der Waals surface area contributed by atoms with E-state index in [0.29, 0.717) is 19.6 Å². The Labute approximate surface area is 141 Å². The van der Waals surface area contributed by atoms with Crippen LogP contribution in [-0.2, 0) is 11.2 Å². The SMILES string of the molecule is Cc1ccc2c(CC(=O)NCCOc3ccccc3)coc2c1C. The van der Waals surface area contributed by atoms with Gasteiger partial charge in [0.1, 0.15) is 17.9 Å². The van der Waals surface area contributed by atoms with Crippen LogP contribution in [0.15, 0.2) is 53.1 Å². The number of benzene rings is 2. The molecule has 0 saturated heterocycles. The predicted octanol–water partition coefficient (Wildman–Crippen LogP) is 3.79. The highest BCUT2D eigenvalue weighted by molar-refractivity contribution is 5.89. The third kappa shape index (κ3) is 3.59. The van der Waals surface area contributed by atoms with Gasteiger partial charge in [-0.2, -0.15) is 0 Å². The maximum absolute atomic E-state index is 12.1. The lowest BCUT2D eigenvalue weighted by Gasteiger charge is -2.07. The van der Waals surface area contributed by atoms with Crippen molar-refractivity contribution in [2.75, 3.05) is 13.2 Å². The number of aryl methyl sites for hydroxylation is 2. The summed E-state index contributed by atoms with van der Waals surface area (Å²) in [4.78, 5) is 12.1. The molecule has 0 aliphatic rings. The van der Waals surface area contributed by atoms with E-state index in [-0.39, 0.29) is 5.91 Å². The van der Waals surface area contributed by atoms with Crippen LogP contribution < -0.4 is 10.1 Å². The van der Waals surface area contributed by atoms with Crippen molar-refractivity contribution < 1.29 is 13.9 Å². The zero-order valence-corrected chi connectivity index (χ0v) is 14.0. The smallest absolute Gasteiger partial charge is 0.224 e. The van der Waals surface area contributed by atoms with Crippen molar-refractivity contribution in [1.82, 2.24) is 5.32 Å². The van der Waals surface area contributed by atoms with Gasteiger partial charge >= 0.3 is 0 Å². The van der Waals surface area contributed by atoms with Gasteiger partial charge in [-0.25, -0.2) is 0 Å². The molecule has 1 amide bonds. The van der Waals surface area contributed by atoms with Gasteiger partial charge in [-0.3, -0.25) is 4.79 Å². The van der Waals surface area contributed by atoms with Crippen molar-refractivity contribution in [3.8, 4) is 5.75 Å². The van der Waals surface area contributed by atoms with Crippen molar-refractivity contribution in [2.24, 2.45) is 0 Å². The van der Waals surface area contributed by atoms with Crippen molar-refractivity contribution >= 4 is 16.9 Å². The molecule has 1 N–H and O–H groups in total. The highest BCUT2D eigenvalue weighted by Gasteiger charge is 2.12. The number of fused-ring (bicyclic) bond motifs is 1. The number of nitrogens with one attached hydrogen (secondary N) is 1. The Hall–Kier alpha value is -2.75. The van der Waals surface area contributed by atoms with Crippen LogP contribution in [0.5, 0.6) is 5.75 Å². The minimum atomic E-state index is -0.0346. The van der Waals surface area contributed by atoms with Crippen LogP contribution in [0.4, 0.5) is 0 Å². The molecule has 0 unspecified atom stereocenters. The molecular formula is C20H21NO3. The first-order chi connectivity index (χ1) is 11.6. The van der Waals surface area contributed by atoms with Crippen LogP contribution in [0.1, 0.15) is 16.7 Å². The largest absolute Gasteiger partial charge is 0.492 e. The molecule has 0 bridgehead atoms. The fourth-order valence-corrected chi connectivity index (χ4v) is 2.64. The van der Waals surface area contributed by atoms with E-state index < -0.39 is 0 Å². The molecule has 0 fully saturated rings. The van der Waals surface area contributed by atoms with E-state index in [0.717, 1.165) is 27.8 Å². The molecule has 24 heavy (non-hydrogen) atoms. The molecular weight excluding hydrogens is 302 g/mol. The van der Waals surface area contributed by atoms with Crippen molar-refractivity contribution in [3.05, 3.63) is 65.4 Å². The Bertz CT molecular complexity index is 837. The van der Waals surface area contributed by atoms with Crippen LogP contribution >= 0.6 is 0 Å². The summed E-state index contributed by atoms with van der Waals surface area (Å²) < 4.78 is 11.2. The quantitative estimate of drug-likeness (QED) is 0.702. The van der Waals surface area contributed by atoms with Crippen LogP contribution in [-0.4, -0.2) is 19.1 Å². The van der Waals surface area contributed by atoms with Gasteiger partial charge in [0.2, 0.25) is 5.91 Å². The molecule has 0 radical (unpaired) electrons. The van der Waals surface area contributed by atoms with E-state index in [1.54, 1.807) is 6.26 Å². The van der Waals surface area contributed by atoms with E-state index in [1.165, 1.54) is 5.56 Å². The second-order valence-corrected chi connectivity index (χ2v) is 5.83. The molecule has 0 spiro atoms. The van der Waals surface area contributed by atoms with Gasteiger partial charge in [0.05, 0.1) is 19.2 Å². The number of amides is 1. The van der Waals surface area contributed by atoms with Crippen LogP contribution in [0.3, 0.4) is 0 Å². The molecule has 0 saturated carbocycles. The Kier molecular flexibility index (Phi) is 4.85. The molecule has 2 aromatic carbocycles. The Morgan fingerprint density at radius 1 is 1.12 bits per heavy atom. The van der Waals surface area contributed by atoms with Crippen LogP contribution in [0.25, 0.3) is 11.0 Å². The number of carbonyl (C=O) groups is 1. The second-order valence-electron chi connectivity index (χ2n) is 5.83. The van der Waals surface area contributed by atoms with Crippen molar-refractivity contribution in [1.29, 1.82) is 0 Å². The van der Waals surface area contributed by atoms with Gasteiger partial charge in [0, 0.05) is 10.9 Å². The number of para-hydroxylation sites is 1. The van der Waals surface area contributed by atoms with Crippen LogP contribution in [0.2, 0.25) is 0 Å². The highest BCUT2D eigenvalue weighted by atomic mass is 16.5. The summed E-state index contributed by atoms with van der Waals surface area (Å²) in [6.45, 7) is 5.00. The number of hydrogen-bond acceptors (Lipinski definition) is 3. The molecule has 1 aromatic heterocycles. The maximum Gasteiger partial charge on any atom is 0.224 e. The van der Waals surface area contributed by atoms with Crippen molar-refractivity contribution in [2.45, 2.75) is 20.3 Å². The Morgan fingerprint density at radius 3 is 2.71 bits per heavy atom. The summed E-state index contributed by atoms with van der Waals surface area (Å²) in [5.41, 5.74) is 4.08. The lowest BCUT2D eigenvalue weighted by molar-refractivity contribution is -0.120. The van der Waals surface area contributed by atoms with Crippen molar-refractivity contribution in [3.63, 3.8) is 0 Å². The third-order valence-electron chi connectivity index (χ3n) is 4.13. The fourth-order valence-electron chi connectivity index (χ4n) is 2.64. The third-order valence-corrected chi connectivity index (χ3v) is 4.13. The Balaban J connectivity index is 1.53. The minimum Gasteiger partial charge on any atom is -0.492 e. The Morgan fingerprint density at radius 2 is 1.92 bits per heavy atom. The molecule has 124 valence electrons. The lowest BCUT2D eigenvalue weighted by atomic mass is 10.0. The second kappa shape index (κ2) is 7.21. The van der Waals surface area contributed by atoms with Gasteiger partial charge in [-0.05, 0) is 37.1 Å². The molecule has 4 heteroatoms. The normalized spacial score (nSPS) is 10.8. The summed E-state index contributed by atoms with van der Waals surface area (Å²) in [6, 6.07) is 13.6. The van der Waals surface area contributed by atoms with E-state index >= 15 is 0 Å². The average molecular weight is 323 g/mol. The first kappa shape index (κ1) is 16.1. The van der Waals surface area contributed by atoms with E-state index in [2.05, 4.69) is 18.3 Å². The van der Waals surface area contributed by atoms with Gasteiger partial charge in [0.25, 0.3) is 0 Å². The topological polar surface area (TPSA) is 51.5 Å². The van der Waals surface area contributed by atoms with Gasteiger partial charge in [0.15, 0.2) is 0 Å². The number of furan rings is 1. The van der Waals surface area contributed by atoms with Gasteiger partial charge in [-0.1, -0.05) is 30.3 Å². The maximum atomic E-state index is 12.1. The van der Waals surface area contributed by atoms with Gasteiger partial charge < -0.3 is 14.5 Å². The zero-order valence-electron chi connectivity index (χ0n) is 14.0. The average Bonchev–Trinajstić information content (AvgIpc) is 2.99. The van der Waals surface area contributed by atoms with E-state index in [4.69, 9.17) is 9.15 Å². The molecule has 4 nitrogen and oxygen atoms in total. The molecule has 0 aliphatic heterocycles. The van der Waals surface area contributed by atoms with Gasteiger partial charge in [-0.15, -0.1) is 0 Å². The minimum absolute atomic E-state index is 0.0346. The molecule has 0 atom stereocenters. The summed E-state index contributed by atoms with van der Waals surface area (Å²) in [6.07, 6.45) is 1.98. The fraction of sp³-hybridized carbons (Fsp3) is 0.250. The summed E-state index contributed by atoms with van der Waals surface area (Å²) in [5.74, 6) is 0.769. The predicted molar refractivity (Wildman–Crippen MR) is 94.3 cm³/mol. The summed E-state index contributed by atoms with van der Waals surface area (Å²) >= 11 is 0. The monoisotopic (exact) mass is 323 g/mol.